The number of ether oxygens (including phenoxy) is 3. The van der Waals surface area contributed by atoms with Crippen LogP contribution in [0.15, 0.2) is 0 Å². The van der Waals surface area contributed by atoms with E-state index in [0.717, 1.165) is 10.6 Å². The summed E-state index contributed by atoms with van der Waals surface area (Å²) in [6.07, 6.45) is -0.251. The number of aliphatic hydroxyl groups excluding tert-OH is 1. The molecule has 30 heavy (non-hydrogen) atoms. The van der Waals surface area contributed by atoms with E-state index in [4.69, 9.17) is 14.2 Å². The molecule has 1 aromatic rings. The topological polar surface area (TPSA) is 122 Å². The number of carbonyl (C=O) groups is 2. The van der Waals surface area contributed by atoms with Crippen LogP contribution in [0.5, 0.6) is 0 Å². The van der Waals surface area contributed by atoms with Crippen molar-refractivity contribution in [1.29, 1.82) is 0 Å². The molecule has 3 rings (SSSR count). The molecular formula is C19H30N4O6S. The maximum absolute atomic E-state index is 12.7. The molecule has 0 aromatic carbocycles. The van der Waals surface area contributed by atoms with Crippen molar-refractivity contribution in [3.8, 4) is 0 Å². The fraction of sp³-hybridized carbons (Fsp3) is 0.737. The van der Waals surface area contributed by atoms with Gasteiger partial charge in [0.15, 0.2) is 5.13 Å². The number of hydrogen-bond donors (Lipinski definition) is 3. The van der Waals surface area contributed by atoms with Crippen LogP contribution in [0.4, 0.5) is 14.7 Å². The lowest BCUT2D eigenvalue weighted by atomic mass is 10.00. The Hall–Kier alpha value is -1.95. The molecule has 0 aliphatic carbocycles. The summed E-state index contributed by atoms with van der Waals surface area (Å²) >= 11 is 1.31. The molecule has 11 heteroatoms. The number of hydrogen-bond acceptors (Lipinski definition) is 8. The van der Waals surface area contributed by atoms with Gasteiger partial charge in [0.25, 0.3) is 0 Å². The Morgan fingerprint density at radius 1 is 1.37 bits per heavy atom. The second-order valence-corrected chi connectivity index (χ2v) is 9.37. The van der Waals surface area contributed by atoms with Crippen molar-refractivity contribution < 1.29 is 28.9 Å². The van der Waals surface area contributed by atoms with Gasteiger partial charge in [0, 0.05) is 13.0 Å². The SMILES string of the molecule is C[C@H]1c2sc(NC(=O)NC[C@H]3COCCO3)nc2C[C@@H](CO)N1C(=O)OC(C)(C)C. The molecule has 3 amide bonds. The second kappa shape index (κ2) is 9.46. The molecule has 3 N–H and O–H groups in total. The maximum atomic E-state index is 12.7. The number of amides is 3. The fourth-order valence-electron chi connectivity index (χ4n) is 3.43. The van der Waals surface area contributed by atoms with E-state index in [1.54, 1.807) is 25.7 Å². The van der Waals surface area contributed by atoms with Gasteiger partial charge in [-0.15, -0.1) is 0 Å². The number of fused-ring (bicyclic) bond motifs is 1. The first-order valence-corrected chi connectivity index (χ1v) is 10.9. The normalized spacial score (nSPS) is 24.2. The number of anilines is 1. The summed E-state index contributed by atoms with van der Waals surface area (Å²) in [7, 11) is 0. The Labute approximate surface area is 179 Å². The highest BCUT2D eigenvalue weighted by Gasteiger charge is 2.39. The summed E-state index contributed by atoms with van der Waals surface area (Å²) in [5, 5.41) is 15.8. The Balaban J connectivity index is 1.64. The lowest BCUT2D eigenvalue weighted by Gasteiger charge is -2.39. The molecule has 10 nitrogen and oxygen atoms in total. The number of nitrogens with zero attached hydrogens (tertiary/aromatic N) is 2. The smallest absolute Gasteiger partial charge is 0.411 e. The Morgan fingerprint density at radius 2 is 2.13 bits per heavy atom. The summed E-state index contributed by atoms with van der Waals surface area (Å²) in [4.78, 5) is 31.8. The maximum Gasteiger partial charge on any atom is 0.411 e. The van der Waals surface area contributed by atoms with Crippen molar-refractivity contribution in [2.45, 2.75) is 57.9 Å². The number of aromatic nitrogens is 1. The van der Waals surface area contributed by atoms with Crippen LogP contribution in [0, 0.1) is 0 Å². The number of nitrogens with one attached hydrogen (secondary N) is 2. The van der Waals surface area contributed by atoms with Crippen molar-refractivity contribution in [3.63, 3.8) is 0 Å². The van der Waals surface area contributed by atoms with E-state index < -0.39 is 17.7 Å². The van der Waals surface area contributed by atoms with Gasteiger partial charge in [0.1, 0.15) is 5.60 Å². The Morgan fingerprint density at radius 3 is 2.77 bits per heavy atom. The van der Waals surface area contributed by atoms with Crippen LogP contribution in [0.25, 0.3) is 0 Å². The second-order valence-electron chi connectivity index (χ2n) is 8.34. The number of carbonyl (C=O) groups excluding carboxylic acids is 2. The van der Waals surface area contributed by atoms with Gasteiger partial charge in [0.2, 0.25) is 0 Å². The Bertz CT molecular complexity index is 759. The summed E-state index contributed by atoms with van der Waals surface area (Å²) in [6, 6.07) is -1.15. The van der Waals surface area contributed by atoms with Gasteiger partial charge in [-0.3, -0.25) is 10.2 Å². The predicted molar refractivity (Wildman–Crippen MR) is 111 cm³/mol. The zero-order valence-electron chi connectivity index (χ0n) is 17.8. The van der Waals surface area contributed by atoms with Crippen molar-refractivity contribution in [1.82, 2.24) is 15.2 Å². The van der Waals surface area contributed by atoms with Gasteiger partial charge in [-0.2, -0.15) is 0 Å². The van der Waals surface area contributed by atoms with Gasteiger partial charge in [-0.25, -0.2) is 14.6 Å². The zero-order chi connectivity index (χ0) is 21.9. The van der Waals surface area contributed by atoms with Crippen LogP contribution < -0.4 is 10.6 Å². The molecule has 0 radical (unpaired) electrons. The molecule has 1 fully saturated rings. The van der Waals surface area contributed by atoms with E-state index in [-0.39, 0.29) is 24.8 Å². The average molecular weight is 443 g/mol. The molecule has 1 aromatic heterocycles. The molecule has 0 bridgehead atoms. The number of rotatable bonds is 4. The third-order valence-corrected chi connectivity index (χ3v) is 5.94. The van der Waals surface area contributed by atoms with Gasteiger partial charge >= 0.3 is 12.1 Å². The molecular weight excluding hydrogens is 412 g/mol. The van der Waals surface area contributed by atoms with Crippen LogP contribution in [0.2, 0.25) is 0 Å². The summed E-state index contributed by atoms with van der Waals surface area (Å²) in [5.74, 6) is 0. The minimum absolute atomic E-state index is 0.165. The molecule has 0 spiro atoms. The van der Waals surface area contributed by atoms with Crippen LogP contribution >= 0.6 is 11.3 Å². The molecule has 3 heterocycles. The van der Waals surface area contributed by atoms with E-state index in [1.807, 2.05) is 6.92 Å². The third kappa shape index (κ3) is 5.60. The molecule has 3 atom stereocenters. The molecule has 1 saturated heterocycles. The van der Waals surface area contributed by atoms with Crippen molar-refractivity contribution in [2.24, 2.45) is 0 Å². The van der Waals surface area contributed by atoms with E-state index in [2.05, 4.69) is 15.6 Å². The minimum atomic E-state index is -0.636. The summed E-state index contributed by atoms with van der Waals surface area (Å²) < 4.78 is 16.3. The van der Waals surface area contributed by atoms with E-state index >= 15 is 0 Å². The van der Waals surface area contributed by atoms with Crippen LogP contribution in [0.3, 0.4) is 0 Å². The standard InChI is InChI=1S/C19H30N4O6S/c1-11-15-14(7-12(9-24)23(11)18(26)29-19(2,3)4)21-17(30-15)22-16(25)20-8-13-10-27-5-6-28-13/h11-13,24H,5-10H2,1-4H3,(H2,20,21,22,25)/t11-,12-,13-/m0/s1. The highest BCUT2D eigenvalue weighted by Crippen LogP contribution is 2.39. The quantitative estimate of drug-likeness (QED) is 0.651. The molecule has 2 aliphatic heterocycles. The summed E-state index contributed by atoms with van der Waals surface area (Å²) in [6.45, 7) is 8.95. The lowest BCUT2D eigenvalue weighted by molar-refractivity contribution is -0.0852. The minimum Gasteiger partial charge on any atom is -0.444 e. The van der Waals surface area contributed by atoms with Crippen molar-refractivity contribution in [3.05, 3.63) is 10.6 Å². The van der Waals surface area contributed by atoms with Gasteiger partial charge < -0.3 is 24.6 Å². The lowest BCUT2D eigenvalue weighted by Crippen LogP contribution is -2.49. The van der Waals surface area contributed by atoms with Crippen molar-refractivity contribution in [2.75, 3.05) is 38.3 Å². The van der Waals surface area contributed by atoms with E-state index in [9.17, 15) is 14.7 Å². The third-order valence-electron chi connectivity index (χ3n) is 4.76. The van der Waals surface area contributed by atoms with Crippen LogP contribution in [-0.2, 0) is 20.6 Å². The highest BCUT2D eigenvalue weighted by molar-refractivity contribution is 7.16. The van der Waals surface area contributed by atoms with Crippen LogP contribution in [-0.4, -0.2) is 77.8 Å². The monoisotopic (exact) mass is 442 g/mol. The Kier molecular flexibility index (Phi) is 7.17. The number of aliphatic hydroxyl groups is 1. The molecule has 2 aliphatic rings. The number of urea groups is 1. The zero-order valence-corrected chi connectivity index (χ0v) is 18.6. The predicted octanol–water partition coefficient (Wildman–Crippen LogP) is 1.90. The van der Waals surface area contributed by atoms with E-state index in [1.165, 1.54) is 11.3 Å². The average Bonchev–Trinajstić information content (AvgIpc) is 3.08. The molecule has 0 unspecified atom stereocenters. The first-order valence-electron chi connectivity index (χ1n) is 10.0. The highest BCUT2D eigenvalue weighted by atomic mass is 32.1. The van der Waals surface area contributed by atoms with Gasteiger partial charge in [-0.1, -0.05) is 11.3 Å². The summed E-state index contributed by atoms with van der Waals surface area (Å²) in [5.41, 5.74) is 0.133. The van der Waals surface area contributed by atoms with E-state index in [0.29, 0.717) is 37.9 Å². The first kappa shape index (κ1) is 22.7. The first-order chi connectivity index (χ1) is 14.2. The largest absolute Gasteiger partial charge is 0.444 e. The molecule has 168 valence electrons. The molecule has 0 saturated carbocycles. The van der Waals surface area contributed by atoms with Crippen LogP contribution in [0.1, 0.15) is 44.3 Å². The van der Waals surface area contributed by atoms with Gasteiger partial charge in [0.05, 0.1) is 55.2 Å². The fourth-order valence-corrected chi connectivity index (χ4v) is 4.47. The van der Waals surface area contributed by atoms with Crippen molar-refractivity contribution >= 4 is 28.6 Å². The number of thiazole rings is 1. The van der Waals surface area contributed by atoms with Gasteiger partial charge in [-0.05, 0) is 27.7 Å².